The van der Waals surface area contributed by atoms with E-state index in [1.807, 2.05) is 20.2 Å². The van der Waals surface area contributed by atoms with Gasteiger partial charge in [0.05, 0.1) is 5.60 Å². The molecule has 3 fully saturated rings. The first kappa shape index (κ1) is 19.8. The minimum Gasteiger partial charge on any atom is -0.508 e. The number of imide groups is 1. The van der Waals surface area contributed by atoms with Crippen molar-refractivity contribution in [3.63, 3.8) is 0 Å². The lowest BCUT2D eigenvalue weighted by Gasteiger charge is -2.65. The van der Waals surface area contributed by atoms with Crippen molar-refractivity contribution in [3.8, 4) is 5.75 Å². The Balaban J connectivity index is 1.62. The van der Waals surface area contributed by atoms with Crippen LogP contribution in [0.2, 0.25) is 0 Å². The van der Waals surface area contributed by atoms with Crippen LogP contribution in [0, 0.1) is 0 Å². The van der Waals surface area contributed by atoms with E-state index in [4.69, 9.17) is 0 Å². The molecule has 8 heteroatoms. The minimum atomic E-state index is -1.02. The van der Waals surface area contributed by atoms with Crippen molar-refractivity contribution < 1.29 is 19.8 Å². The van der Waals surface area contributed by atoms with Crippen LogP contribution in [-0.4, -0.2) is 82.9 Å². The van der Waals surface area contributed by atoms with Gasteiger partial charge in [0, 0.05) is 24.5 Å². The second-order valence-electron chi connectivity index (χ2n) is 9.82. The number of carbonyl (C=O) groups is 2. The van der Waals surface area contributed by atoms with E-state index in [0.29, 0.717) is 32.1 Å². The summed E-state index contributed by atoms with van der Waals surface area (Å²) in [5.74, 6) is -0.138. The molecule has 2 bridgehead atoms. The molecule has 0 unspecified atom stereocenters. The Morgan fingerprint density at radius 2 is 2.03 bits per heavy atom. The molecule has 3 amide bonds. The number of rotatable bonds is 3. The third-order valence-electron chi connectivity index (χ3n) is 8.05. The molecule has 0 radical (unpaired) electrons. The van der Waals surface area contributed by atoms with E-state index < -0.39 is 22.6 Å². The zero-order valence-corrected chi connectivity index (χ0v) is 17.6. The van der Waals surface area contributed by atoms with Crippen LogP contribution in [0.4, 0.5) is 4.79 Å². The molecule has 162 valence electrons. The Morgan fingerprint density at radius 1 is 1.23 bits per heavy atom. The third kappa shape index (κ3) is 2.57. The van der Waals surface area contributed by atoms with E-state index in [1.54, 1.807) is 12.1 Å². The van der Waals surface area contributed by atoms with Crippen LogP contribution >= 0.6 is 0 Å². The largest absolute Gasteiger partial charge is 0.508 e. The van der Waals surface area contributed by atoms with Gasteiger partial charge in [-0.1, -0.05) is 6.07 Å². The maximum Gasteiger partial charge on any atom is 0.322 e. The first-order chi connectivity index (χ1) is 14.2. The van der Waals surface area contributed by atoms with Crippen molar-refractivity contribution in [1.82, 2.24) is 20.4 Å². The van der Waals surface area contributed by atoms with Crippen LogP contribution in [0.5, 0.6) is 5.75 Å². The number of phenolic OH excluding ortho intramolecular Hbond substituents is 1. The average Bonchev–Trinajstić information content (AvgIpc) is 2.95. The van der Waals surface area contributed by atoms with Crippen LogP contribution in [0.3, 0.4) is 0 Å². The summed E-state index contributed by atoms with van der Waals surface area (Å²) >= 11 is 0. The molecular formula is C22H30N4O4. The maximum atomic E-state index is 12.8. The van der Waals surface area contributed by atoms with Gasteiger partial charge >= 0.3 is 6.03 Å². The van der Waals surface area contributed by atoms with E-state index in [9.17, 15) is 19.8 Å². The Bertz CT molecular complexity index is 920. The lowest BCUT2D eigenvalue weighted by atomic mass is 9.46. The Hall–Kier alpha value is -2.16. The first-order valence-electron chi connectivity index (χ1n) is 10.8. The second kappa shape index (κ2) is 6.42. The number of urea groups is 1. The van der Waals surface area contributed by atoms with Crippen LogP contribution in [0.1, 0.15) is 36.8 Å². The fraction of sp³-hybridized carbons (Fsp3) is 0.636. The fourth-order valence-corrected chi connectivity index (χ4v) is 6.56. The number of phenols is 1. The summed E-state index contributed by atoms with van der Waals surface area (Å²) in [5, 5.41) is 27.8. The summed E-state index contributed by atoms with van der Waals surface area (Å²) in [6.45, 7) is 2.58. The highest BCUT2D eigenvalue weighted by Gasteiger charge is 2.69. The molecule has 2 saturated heterocycles. The quantitative estimate of drug-likeness (QED) is 0.531. The number of aliphatic hydroxyl groups is 1. The van der Waals surface area contributed by atoms with Crippen molar-refractivity contribution in [1.29, 1.82) is 0 Å². The summed E-state index contributed by atoms with van der Waals surface area (Å²) in [5.41, 5.74) is -0.664. The van der Waals surface area contributed by atoms with Crippen molar-refractivity contribution in [2.75, 3.05) is 33.7 Å². The number of hydrogen-bond acceptors (Lipinski definition) is 6. The van der Waals surface area contributed by atoms with Crippen molar-refractivity contribution in [3.05, 3.63) is 29.3 Å². The molecule has 1 aromatic carbocycles. The molecule has 1 saturated carbocycles. The number of hydrogen-bond donors (Lipinski definition) is 4. The Morgan fingerprint density at radius 3 is 2.73 bits per heavy atom. The SMILES string of the molecule is CN(C)CCN1CC[C@]23C[C@]4(CC[C@@]2(O)[C@H]1Cc1ccc(O)cc13)NC(=O)NC4=O. The summed E-state index contributed by atoms with van der Waals surface area (Å²) in [6, 6.07) is 4.89. The molecule has 5 rings (SSSR count). The molecule has 2 aliphatic heterocycles. The average molecular weight is 415 g/mol. The van der Waals surface area contributed by atoms with Gasteiger partial charge in [-0.15, -0.1) is 0 Å². The highest BCUT2D eigenvalue weighted by molar-refractivity contribution is 6.07. The van der Waals surface area contributed by atoms with Gasteiger partial charge in [-0.2, -0.15) is 0 Å². The predicted octanol–water partition coefficient (Wildman–Crippen LogP) is 0.315. The maximum absolute atomic E-state index is 12.8. The molecular weight excluding hydrogens is 384 g/mol. The lowest BCUT2D eigenvalue weighted by molar-refractivity contribution is -0.180. The van der Waals surface area contributed by atoms with Gasteiger partial charge < -0.3 is 20.4 Å². The van der Waals surface area contributed by atoms with Gasteiger partial charge in [-0.05, 0) is 76.0 Å². The molecule has 4 atom stereocenters. The van der Waals surface area contributed by atoms with Gasteiger partial charge in [0.25, 0.3) is 5.91 Å². The van der Waals surface area contributed by atoms with E-state index in [-0.39, 0.29) is 17.7 Å². The lowest BCUT2D eigenvalue weighted by Crippen LogP contribution is -2.76. The summed E-state index contributed by atoms with van der Waals surface area (Å²) < 4.78 is 0. The van der Waals surface area contributed by atoms with Crippen LogP contribution in [0.15, 0.2) is 18.2 Å². The second-order valence-corrected chi connectivity index (χ2v) is 9.82. The van der Waals surface area contributed by atoms with Gasteiger partial charge in [0.15, 0.2) is 0 Å². The monoisotopic (exact) mass is 414 g/mol. The molecule has 4 N–H and O–H groups in total. The van der Waals surface area contributed by atoms with Gasteiger partial charge in [-0.3, -0.25) is 15.0 Å². The number of benzene rings is 1. The smallest absolute Gasteiger partial charge is 0.322 e. The van der Waals surface area contributed by atoms with Crippen LogP contribution in [0.25, 0.3) is 0 Å². The number of likely N-dealkylation sites (tertiary alicyclic amines) is 1. The topological polar surface area (TPSA) is 105 Å². The first-order valence-corrected chi connectivity index (χ1v) is 10.8. The summed E-state index contributed by atoms with van der Waals surface area (Å²) in [6.07, 6.45) is 2.58. The van der Waals surface area contributed by atoms with Crippen LogP contribution in [-0.2, 0) is 16.6 Å². The van der Waals surface area contributed by atoms with E-state index in [0.717, 1.165) is 30.8 Å². The number of fused-ring (bicyclic) bond motifs is 1. The number of aromatic hydroxyl groups is 1. The van der Waals surface area contributed by atoms with Gasteiger partial charge in [0.1, 0.15) is 11.3 Å². The number of nitrogens with zero attached hydrogens (tertiary/aromatic N) is 2. The number of likely N-dealkylation sites (N-methyl/N-ethyl adjacent to an activating group) is 1. The summed E-state index contributed by atoms with van der Waals surface area (Å²) in [4.78, 5) is 29.3. The zero-order chi connectivity index (χ0) is 21.3. The molecule has 0 aromatic heterocycles. The fourth-order valence-electron chi connectivity index (χ4n) is 6.56. The molecule has 2 aliphatic carbocycles. The van der Waals surface area contributed by atoms with Crippen molar-refractivity contribution in [2.24, 2.45) is 0 Å². The van der Waals surface area contributed by atoms with E-state index >= 15 is 0 Å². The molecule has 2 heterocycles. The van der Waals surface area contributed by atoms with Crippen molar-refractivity contribution in [2.45, 2.75) is 54.7 Å². The standard InChI is InChI=1S/C22H30N4O4/c1-25(2)9-10-26-8-7-20-13-21(18(28)23-19(29)24-21)5-6-22(20,30)17(26)11-14-3-4-15(27)12-16(14)20/h3-4,12,17,27,30H,5-11,13H2,1-2H3,(H2,23,24,28,29)/t17-,20-,21+,22-/m1/s1. The number of piperidine rings is 1. The zero-order valence-electron chi connectivity index (χ0n) is 17.6. The molecule has 4 aliphatic rings. The predicted molar refractivity (Wildman–Crippen MR) is 110 cm³/mol. The normalized spacial score (nSPS) is 37.7. The van der Waals surface area contributed by atoms with E-state index in [1.165, 1.54) is 0 Å². The Kier molecular flexibility index (Phi) is 4.23. The summed E-state index contributed by atoms with van der Waals surface area (Å²) in [7, 11) is 4.10. The van der Waals surface area contributed by atoms with Gasteiger partial charge in [-0.25, -0.2) is 4.79 Å². The highest BCUT2D eigenvalue weighted by Crippen LogP contribution is 2.60. The number of amides is 3. The van der Waals surface area contributed by atoms with Gasteiger partial charge in [0.2, 0.25) is 0 Å². The molecule has 30 heavy (non-hydrogen) atoms. The highest BCUT2D eigenvalue weighted by atomic mass is 16.3. The third-order valence-corrected chi connectivity index (χ3v) is 8.05. The van der Waals surface area contributed by atoms with Crippen LogP contribution < -0.4 is 10.6 Å². The number of carbonyl (C=O) groups excluding carboxylic acids is 2. The minimum absolute atomic E-state index is 0.0549. The molecule has 8 nitrogen and oxygen atoms in total. The molecule has 1 aromatic rings. The Labute approximate surface area is 176 Å². The van der Waals surface area contributed by atoms with E-state index in [2.05, 4.69) is 20.4 Å². The molecule has 1 spiro atoms. The number of nitrogens with one attached hydrogen (secondary N) is 2. The van der Waals surface area contributed by atoms with Crippen molar-refractivity contribution >= 4 is 11.9 Å².